The van der Waals surface area contributed by atoms with Gasteiger partial charge in [-0.15, -0.1) is 0 Å². The highest BCUT2D eigenvalue weighted by Gasteiger charge is 2.55. The van der Waals surface area contributed by atoms with Gasteiger partial charge >= 0.3 is 12.4 Å². The van der Waals surface area contributed by atoms with E-state index in [0.717, 1.165) is 18.3 Å². The van der Waals surface area contributed by atoms with Crippen LogP contribution in [0.3, 0.4) is 0 Å². The summed E-state index contributed by atoms with van der Waals surface area (Å²) in [4.78, 5) is 39.8. The zero-order valence-corrected chi connectivity index (χ0v) is 24.2. The van der Waals surface area contributed by atoms with Gasteiger partial charge in [-0.2, -0.15) is 26.3 Å². The number of alkyl halides is 6. The second kappa shape index (κ2) is 11.5. The van der Waals surface area contributed by atoms with E-state index in [1.807, 2.05) is 0 Å². The number of hydrogen-bond donors (Lipinski definition) is 2. The molecule has 3 atom stereocenters. The fourth-order valence-electron chi connectivity index (χ4n) is 6.24. The van der Waals surface area contributed by atoms with E-state index in [-0.39, 0.29) is 42.5 Å². The molecule has 3 N–H and O–H groups in total. The van der Waals surface area contributed by atoms with Gasteiger partial charge in [0.05, 0.1) is 18.1 Å². The first-order chi connectivity index (χ1) is 21.8. The first-order valence-electron chi connectivity index (χ1n) is 14.4. The van der Waals surface area contributed by atoms with Crippen LogP contribution in [0.2, 0.25) is 0 Å². The van der Waals surface area contributed by atoms with Crippen molar-refractivity contribution in [1.82, 2.24) is 24.3 Å². The SMILES string of the molecule is CCOc1cc(C(=O)Nc2cc(C(F)(F)F)ccn2)ccc1-c1nc([C@@H]2CC[C@@H]3[C@@H](C(F)(F)F)CC(=O)N3C2)n2ccnc(N)c12. The second-order valence-corrected chi connectivity index (χ2v) is 11.1. The summed E-state index contributed by atoms with van der Waals surface area (Å²) in [6, 6.07) is 4.98. The number of fused-ring (bicyclic) bond motifs is 2. The molecule has 2 aliphatic rings. The average molecular weight is 648 g/mol. The van der Waals surface area contributed by atoms with Crippen LogP contribution in [-0.2, 0) is 11.0 Å². The number of ether oxygens (including phenoxy) is 1. The van der Waals surface area contributed by atoms with Gasteiger partial charge in [-0.1, -0.05) is 0 Å². The minimum absolute atomic E-state index is 0.0534. The van der Waals surface area contributed by atoms with Gasteiger partial charge in [0.2, 0.25) is 5.91 Å². The van der Waals surface area contributed by atoms with E-state index < -0.39 is 54.0 Å². The summed E-state index contributed by atoms with van der Waals surface area (Å²) in [5.74, 6) is -2.89. The molecule has 1 aromatic carbocycles. The van der Waals surface area contributed by atoms with E-state index in [4.69, 9.17) is 15.5 Å². The number of imidazole rings is 1. The van der Waals surface area contributed by atoms with Gasteiger partial charge in [-0.05, 0) is 50.1 Å². The van der Waals surface area contributed by atoms with Crippen molar-refractivity contribution in [2.45, 2.75) is 50.5 Å². The molecule has 0 bridgehead atoms. The number of carbonyl (C=O) groups is 2. The van der Waals surface area contributed by atoms with Crippen LogP contribution in [0.15, 0.2) is 48.9 Å². The molecule has 2 fully saturated rings. The van der Waals surface area contributed by atoms with Crippen molar-refractivity contribution in [3.8, 4) is 17.0 Å². The Morgan fingerprint density at radius 1 is 1.09 bits per heavy atom. The zero-order chi connectivity index (χ0) is 33.0. The van der Waals surface area contributed by atoms with Gasteiger partial charge in [0, 0.05) is 54.6 Å². The summed E-state index contributed by atoms with van der Waals surface area (Å²) in [6.07, 6.45) is -5.15. The third-order valence-corrected chi connectivity index (χ3v) is 8.33. The lowest BCUT2D eigenvalue weighted by atomic mass is 9.87. The van der Waals surface area contributed by atoms with E-state index in [0.29, 0.717) is 29.0 Å². The van der Waals surface area contributed by atoms with Crippen molar-refractivity contribution in [1.29, 1.82) is 0 Å². The summed E-state index contributed by atoms with van der Waals surface area (Å²) in [5, 5.41) is 2.36. The summed E-state index contributed by atoms with van der Waals surface area (Å²) < 4.78 is 87.8. The third kappa shape index (κ3) is 5.67. The van der Waals surface area contributed by atoms with Crippen LogP contribution in [-0.4, -0.2) is 61.4 Å². The number of rotatable bonds is 6. The van der Waals surface area contributed by atoms with Crippen molar-refractivity contribution in [2.24, 2.45) is 5.92 Å². The number of nitrogens with one attached hydrogen (secondary N) is 1. The topological polar surface area (TPSA) is 128 Å². The zero-order valence-electron chi connectivity index (χ0n) is 24.2. The Labute approximate surface area is 257 Å². The Hall–Kier alpha value is -4.89. The maximum atomic E-state index is 13.6. The number of aromatic nitrogens is 4. The van der Waals surface area contributed by atoms with Crippen LogP contribution in [0.4, 0.5) is 38.0 Å². The van der Waals surface area contributed by atoms with Gasteiger partial charge in [0.25, 0.3) is 5.91 Å². The van der Waals surface area contributed by atoms with Crippen molar-refractivity contribution in [3.05, 3.63) is 65.9 Å². The van der Waals surface area contributed by atoms with E-state index in [1.54, 1.807) is 23.6 Å². The minimum Gasteiger partial charge on any atom is -0.493 e. The van der Waals surface area contributed by atoms with Gasteiger partial charge in [-0.3, -0.25) is 14.0 Å². The quantitative estimate of drug-likeness (QED) is 0.257. The number of hydrogen-bond acceptors (Lipinski definition) is 7. The Kier molecular flexibility index (Phi) is 7.76. The van der Waals surface area contributed by atoms with Gasteiger partial charge in [0.15, 0.2) is 0 Å². The average Bonchev–Trinajstić information content (AvgIpc) is 3.56. The Morgan fingerprint density at radius 3 is 2.59 bits per heavy atom. The lowest BCUT2D eigenvalue weighted by Gasteiger charge is -2.37. The van der Waals surface area contributed by atoms with Crippen molar-refractivity contribution < 1.29 is 40.7 Å². The fourth-order valence-corrected chi connectivity index (χ4v) is 6.24. The molecule has 4 aromatic rings. The molecule has 0 radical (unpaired) electrons. The number of nitrogen functional groups attached to an aromatic ring is 1. The highest BCUT2D eigenvalue weighted by molar-refractivity contribution is 6.04. The van der Waals surface area contributed by atoms with E-state index in [1.165, 1.54) is 23.2 Å². The summed E-state index contributed by atoms with van der Waals surface area (Å²) in [6.45, 7) is 1.95. The summed E-state index contributed by atoms with van der Waals surface area (Å²) in [7, 11) is 0. The smallest absolute Gasteiger partial charge is 0.416 e. The monoisotopic (exact) mass is 647 g/mol. The Morgan fingerprint density at radius 2 is 1.87 bits per heavy atom. The minimum atomic E-state index is -4.62. The molecule has 5 heterocycles. The Balaban J connectivity index is 1.34. The van der Waals surface area contributed by atoms with Crippen LogP contribution < -0.4 is 15.8 Å². The number of amides is 2. The predicted octanol–water partition coefficient (Wildman–Crippen LogP) is 5.70. The number of carbonyl (C=O) groups excluding carboxylic acids is 2. The molecule has 2 saturated heterocycles. The number of pyridine rings is 1. The molecule has 16 heteroatoms. The van der Waals surface area contributed by atoms with Crippen LogP contribution >= 0.6 is 0 Å². The fraction of sp³-hybridized carbons (Fsp3) is 0.367. The van der Waals surface area contributed by atoms with Crippen molar-refractivity contribution in [3.63, 3.8) is 0 Å². The highest BCUT2D eigenvalue weighted by atomic mass is 19.4. The van der Waals surface area contributed by atoms with Crippen LogP contribution in [0.25, 0.3) is 16.8 Å². The number of benzene rings is 1. The number of anilines is 2. The Bertz CT molecular complexity index is 1820. The third-order valence-electron chi connectivity index (χ3n) is 8.33. The summed E-state index contributed by atoms with van der Waals surface area (Å²) >= 11 is 0. The van der Waals surface area contributed by atoms with E-state index in [9.17, 15) is 35.9 Å². The van der Waals surface area contributed by atoms with Crippen molar-refractivity contribution >= 4 is 29.0 Å². The number of halogens is 6. The largest absolute Gasteiger partial charge is 0.493 e. The summed E-state index contributed by atoms with van der Waals surface area (Å²) in [5.41, 5.74) is 6.52. The number of piperidine rings is 1. The second-order valence-electron chi connectivity index (χ2n) is 11.1. The normalized spacial score (nSPS) is 20.2. The molecule has 0 aliphatic carbocycles. The molecule has 0 spiro atoms. The molecule has 242 valence electrons. The molecule has 2 amide bonds. The molecule has 6 rings (SSSR count). The van der Waals surface area contributed by atoms with E-state index >= 15 is 0 Å². The molecule has 0 saturated carbocycles. The molecule has 3 aromatic heterocycles. The molecule has 0 unspecified atom stereocenters. The maximum absolute atomic E-state index is 13.6. The number of nitrogens with zero attached hydrogens (tertiary/aromatic N) is 5. The molecule has 46 heavy (non-hydrogen) atoms. The number of nitrogens with two attached hydrogens (primary N) is 1. The molecular formula is C30H27F6N7O3. The first kappa shape index (κ1) is 31.1. The highest BCUT2D eigenvalue weighted by Crippen LogP contribution is 2.46. The van der Waals surface area contributed by atoms with Crippen LogP contribution in [0.1, 0.15) is 53.8 Å². The lowest BCUT2D eigenvalue weighted by Crippen LogP contribution is -2.45. The van der Waals surface area contributed by atoms with Gasteiger partial charge in [-0.25, -0.2) is 15.0 Å². The van der Waals surface area contributed by atoms with Gasteiger partial charge in [0.1, 0.15) is 34.4 Å². The first-order valence-corrected chi connectivity index (χ1v) is 14.4. The van der Waals surface area contributed by atoms with Crippen LogP contribution in [0.5, 0.6) is 5.75 Å². The predicted molar refractivity (Wildman–Crippen MR) is 153 cm³/mol. The molecular weight excluding hydrogens is 620 g/mol. The van der Waals surface area contributed by atoms with Crippen LogP contribution in [0, 0.1) is 5.92 Å². The lowest BCUT2D eigenvalue weighted by molar-refractivity contribution is -0.182. The van der Waals surface area contributed by atoms with Gasteiger partial charge < -0.3 is 20.7 Å². The maximum Gasteiger partial charge on any atom is 0.416 e. The van der Waals surface area contributed by atoms with E-state index in [2.05, 4.69) is 15.3 Å². The molecule has 2 aliphatic heterocycles. The van der Waals surface area contributed by atoms with Crippen molar-refractivity contribution in [2.75, 3.05) is 24.2 Å². The standard InChI is InChI=1S/C30H27F6N7O3/c1-2-46-21-11-15(28(45)40-22-12-17(7-8-38-22)29(31,32)33)3-5-18(21)24-25-26(37)39-9-10-42(25)27(41-24)16-4-6-20-19(30(34,35)36)13-23(44)43(20)14-16/h3,5,7-12,16,19-20H,2,4,6,13-14H2,1H3,(H2,37,39)(H,38,40,45)/t16-,19+,20-/m1/s1. The molecule has 10 nitrogen and oxygen atoms in total.